The first-order valence-corrected chi connectivity index (χ1v) is 11.6. The summed E-state index contributed by atoms with van der Waals surface area (Å²) in [5.74, 6) is -3.64. The molecule has 0 fully saturated rings. The molecule has 192 valence electrons. The highest BCUT2D eigenvalue weighted by atomic mass is 35.5. The molecule has 0 heterocycles. The van der Waals surface area contributed by atoms with Crippen molar-refractivity contribution < 1.29 is 28.7 Å². The number of hydrogen-bond donors (Lipinski definition) is 1. The monoisotopic (exact) mass is 536 g/mol. The van der Waals surface area contributed by atoms with Crippen LogP contribution in [0.15, 0.2) is 52.7 Å². The molecular weight excluding hydrogens is 511 g/mol. The second-order valence-corrected chi connectivity index (χ2v) is 8.45. The zero-order chi connectivity index (χ0) is 26.9. The number of carbonyl (C=O) groups excluding carboxylic acids is 4. The molecule has 0 aliphatic rings. The van der Waals surface area contributed by atoms with Crippen molar-refractivity contribution in [2.75, 3.05) is 33.9 Å². The van der Waals surface area contributed by atoms with Crippen molar-refractivity contribution in [1.29, 1.82) is 0 Å². The number of carbonyl (C=O) groups is 4. The molecule has 2 aromatic carbocycles. The van der Waals surface area contributed by atoms with E-state index in [-0.39, 0.29) is 46.6 Å². The van der Waals surface area contributed by atoms with Gasteiger partial charge in [0.2, 0.25) is 5.91 Å². The average Bonchev–Trinajstić information content (AvgIpc) is 2.82. The number of benzene rings is 2. The van der Waals surface area contributed by atoms with Gasteiger partial charge in [-0.05, 0) is 58.3 Å². The summed E-state index contributed by atoms with van der Waals surface area (Å²) in [7, 11) is 3.25. The third-order valence-electron chi connectivity index (χ3n) is 4.55. The van der Waals surface area contributed by atoms with Crippen LogP contribution in [-0.2, 0) is 23.9 Å². The van der Waals surface area contributed by atoms with E-state index in [9.17, 15) is 19.2 Å². The lowest BCUT2D eigenvalue weighted by atomic mass is 10.0. The van der Waals surface area contributed by atoms with Crippen molar-refractivity contribution in [3.63, 3.8) is 0 Å². The molecule has 1 amide bonds. The zero-order valence-electron chi connectivity index (χ0n) is 20.2. The van der Waals surface area contributed by atoms with Crippen molar-refractivity contribution in [1.82, 2.24) is 10.2 Å². The molecule has 12 heteroatoms. The standard InChI is InChI=1S/C24H26Cl2N4O6/c1-5-35-22(33)24(23(34)36-6-2,27-20(31)14-30(3)4)29-28-19-12-11-15(25)13-17(19)21(32)16-9-7-8-10-18(16)26/h7-13H,5-6,14H2,1-4H3,(H,27,31). The second-order valence-electron chi connectivity index (χ2n) is 7.61. The summed E-state index contributed by atoms with van der Waals surface area (Å²) in [6.07, 6.45) is 0. The van der Waals surface area contributed by atoms with E-state index < -0.39 is 29.3 Å². The van der Waals surface area contributed by atoms with Gasteiger partial charge in [-0.3, -0.25) is 9.59 Å². The first-order chi connectivity index (χ1) is 17.0. The number of hydrogen-bond acceptors (Lipinski definition) is 9. The van der Waals surface area contributed by atoms with Crippen LogP contribution in [0.25, 0.3) is 0 Å². The van der Waals surface area contributed by atoms with Gasteiger partial charge < -0.3 is 19.7 Å². The van der Waals surface area contributed by atoms with Gasteiger partial charge in [-0.1, -0.05) is 35.3 Å². The molecule has 2 aromatic rings. The first kappa shape index (κ1) is 28.9. The fourth-order valence-electron chi connectivity index (χ4n) is 2.99. The number of ether oxygens (including phenoxy) is 2. The van der Waals surface area contributed by atoms with Crippen LogP contribution in [0.2, 0.25) is 10.0 Å². The Morgan fingerprint density at radius 2 is 1.56 bits per heavy atom. The van der Waals surface area contributed by atoms with Crippen LogP contribution in [0.3, 0.4) is 0 Å². The third kappa shape index (κ3) is 7.09. The van der Waals surface area contributed by atoms with Crippen LogP contribution in [0.4, 0.5) is 5.69 Å². The quantitative estimate of drug-likeness (QED) is 0.200. The van der Waals surface area contributed by atoms with E-state index in [1.807, 2.05) is 0 Å². The molecule has 1 N–H and O–H groups in total. The lowest BCUT2D eigenvalue weighted by Gasteiger charge is -2.25. The third-order valence-corrected chi connectivity index (χ3v) is 5.12. The first-order valence-electron chi connectivity index (χ1n) is 10.9. The number of nitrogens with zero attached hydrogens (tertiary/aromatic N) is 3. The highest BCUT2D eigenvalue weighted by molar-refractivity contribution is 6.35. The van der Waals surface area contributed by atoms with E-state index in [0.29, 0.717) is 0 Å². The number of rotatable bonds is 11. The summed E-state index contributed by atoms with van der Waals surface area (Å²) in [4.78, 5) is 53.2. The minimum atomic E-state index is -2.65. The van der Waals surface area contributed by atoms with E-state index in [1.54, 1.807) is 32.3 Å². The number of nitrogens with one attached hydrogen (secondary N) is 1. The zero-order valence-corrected chi connectivity index (χ0v) is 21.7. The molecule has 0 aliphatic carbocycles. The maximum atomic E-state index is 13.2. The molecule has 0 bridgehead atoms. The highest BCUT2D eigenvalue weighted by Gasteiger charge is 2.52. The summed E-state index contributed by atoms with van der Waals surface area (Å²) in [6, 6.07) is 10.5. The molecule has 0 aromatic heterocycles. The topological polar surface area (TPSA) is 127 Å². The van der Waals surface area contributed by atoms with Crippen molar-refractivity contribution in [2.45, 2.75) is 19.5 Å². The van der Waals surface area contributed by atoms with E-state index in [4.69, 9.17) is 32.7 Å². The van der Waals surface area contributed by atoms with Gasteiger partial charge in [0.15, 0.2) is 5.78 Å². The van der Waals surface area contributed by atoms with Crippen molar-refractivity contribution >= 4 is 52.5 Å². The second kappa shape index (κ2) is 13.1. The van der Waals surface area contributed by atoms with E-state index >= 15 is 0 Å². The van der Waals surface area contributed by atoms with Crippen molar-refractivity contribution in [2.24, 2.45) is 10.2 Å². The fraction of sp³-hybridized carbons (Fsp3) is 0.333. The van der Waals surface area contributed by atoms with Gasteiger partial charge in [0.1, 0.15) is 0 Å². The highest BCUT2D eigenvalue weighted by Crippen LogP contribution is 2.30. The van der Waals surface area contributed by atoms with Crippen molar-refractivity contribution in [3.8, 4) is 0 Å². The predicted octanol–water partition coefficient (Wildman–Crippen LogP) is 3.81. The van der Waals surface area contributed by atoms with Gasteiger partial charge in [-0.15, -0.1) is 5.11 Å². The van der Waals surface area contributed by atoms with Gasteiger partial charge in [-0.25, -0.2) is 9.59 Å². The van der Waals surface area contributed by atoms with Gasteiger partial charge in [0.25, 0.3) is 0 Å². The Morgan fingerprint density at radius 1 is 0.944 bits per heavy atom. The summed E-state index contributed by atoms with van der Waals surface area (Å²) in [5.41, 5.74) is -2.51. The number of amides is 1. The van der Waals surface area contributed by atoms with Gasteiger partial charge in [0, 0.05) is 10.6 Å². The molecule has 10 nitrogen and oxygen atoms in total. The number of azo groups is 1. The molecule has 0 saturated heterocycles. The molecule has 0 atom stereocenters. The van der Waals surface area contributed by atoms with E-state index in [0.717, 1.165) is 0 Å². The largest absolute Gasteiger partial charge is 0.462 e. The van der Waals surface area contributed by atoms with E-state index in [1.165, 1.54) is 43.0 Å². The normalized spacial score (nSPS) is 11.4. The van der Waals surface area contributed by atoms with Crippen LogP contribution in [0.5, 0.6) is 0 Å². The molecule has 0 aliphatic heterocycles. The van der Waals surface area contributed by atoms with Crippen LogP contribution in [-0.4, -0.2) is 68.0 Å². The Bertz CT molecular complexity index is 1150. The van der Waals surface area contributed by atoms with Gasteiger partial charge in [-0.2, -0.15) is 5.11 Å². The lowest BCUT2D eigenvalue weighted by molar-refractivity contribution is -0.168. The van der Waals surface area contributed by atoms with Crippen LogP contribution in [0, 0.1) is 0 Å². The lowest BCUT2D eigenvalue weighted by Crippen LogP contribution is -2.61. The molecule has 36 heavy (non-hydrogen) atoms. The SMILES string of the molecule is CCOC(=O)C(N=Nc1ccc(Cl)cc1C(=O)c1ccccc1Cl)(NC(=O)CN(C)C)C(=O)OCC. The minimum Gasteiger partial charge on any atom is -0.462 e. The van der Waals surface area contributed by atoms with Crippen LogP contribution < -0.4 is 5.32 Å². The molecule has 2 rings (SSSR count). The summed E-state index contributed by atoms with van der Waals surface area (Å²) in [6.45, 7) is 2.64. The predicted molar refractivity (Wildman–Crippen MR) is 134 cm³/mol. The van der Waals surface area contributed by atoms with Gasteiger partial charge >= 0.3 is 17.6 Å². The Morgan fingerprint density at radius 3 is 2.11 bits per heavy atom. The summed E-state index contributed by atoms with van der Waals surface area (Å²) < 4.78 is 10.0. The Kier molecular flexibility index (Phi) is 10.5. The Hall–Kier alpha value is -3.34. The number of halogens is 2. The number of ketones is 1. The maximum absolute atomic E-state index is 13.2. The van der Waals surface area contributed by atoms with Crippen LogP contribution in [0.1, 0.15) is 29.8 Å². The number of likely N-dealkylation sites (N-methyl/N-ethyl adjacent to an activating group) is 1. The minimum absolute atomic E-state index is 0.000542. The van der Waals surface area contributed by atoms with Crippen LogP contribution >= 0.6 is 23.2 Å². The van der Waals surface area contributed by atoms with Crippen molar-refractivity contribution in [3.05, 3.63) is 63.6 Å². The average molecular weight is 537 g/mol. The fourth-order valence-corrected chi connectivity index (χ4v) is 3.38. The molecule has 0 radical (unpaired) electrons. The molecule has 0 saturated carbocycles. The van der Waals surface area contributed by atoms with Gasteiger partial charge in [0.05, 0.1) is 36.0 Å². The van der Waals surface area contributed by atoms with E-state index in [2.05, 4.69) is 15.5 Å². The molecular formula is C24H26Cl2N4O6. The molecule has 0 unspecified atom stereocenters. The molecule has 0 spiro atoms. The Balaban J connectivity index is 2.65. The Labute approximate surface area is 218 Å². The maximum Gasteiger partial charge on any atom is 0.369 e. The summed E-state index contributed by atoms with van der Waals surface area (Å²) in [5, 5.41) is 10.6. The smallest absolute Gasteiger partial charge is 0.369 e. The number of esters is 2. The summed E-state index contributed by atoms with van der Waals surface area (Å²) >= 11 is 12.3.